The molecule has 0 aliphatic carbocycles. The van der Waals surface area contributed by atoms with E-state index < -0.39 is 49.5 Å². The van der Waals surface area contributed by atoms with Gasteiger partial charge in [0.2, 0.25) is 5.95 Å². The number of hydrogen-bond donors (Lipinski definition) is 1. The number of rotatable bonds is 5. The first kappa shape index (κ1) is 22.7. The van der Waals surface area contributed by atoms with Gasteiger partial charge < -0.3 is 14.8 Å². The summed E-state index contributed by atoms with van der Waals surface area (Å²) < 4.78 is 79.6. The van der Waals surface area contributed by atoms with Crippen LogP contribution in [0.15, 0.2) is 9.59 Å². The molecule has 2 aromatic rings. The van der Waals surface area contributed by atoms with E-state index in [-0.39, 0.29) is 29.1 Å². The lowest BCUT2D eigenvalue weighted by molar-refractivity contribution is -0.137. The molecule has 2 aliphatic rings. The van der Waals surface area contributed by atoms with Crippen LogP contribution < -0.4 is 21.5 Å². The average Bonchev–Trinajstić information content (AvgIpc) is 3.37. The Kier molecular flexibility index (Phi) is 5.54. The first-order valence-electron chi connectivity index (χ1n) is 10.2. The van der Waals surface area contributed by atoms with Gasteiger partial charge in [-0.25, -0.2) is 4.79 Å². The SMILES string of the molecule is Cn1c(=O)n(CCC(F)(F)F)c(=O)c2c1nc(N1CCC3CNCC31)n2CCC(F)(F)F. The highest BCUT2D eigenvalue weighted by Crippen LogP contribution is 2.33. The summed E-state index contributed by atoms with van der Waals surface area (Å²) in [6.07, 6.45) is -11.0. The molecular formula is C18H22F6N6O2. The first-order valence-corrected chi connectivity index (χ1v) is 10.2. The predicted molar refractivity (Wildman–Crippen MR) is 103 cm³/mol. The molecular weight excluding hydrogens is 446 g/mol. The largest absolute Gasteiger partial charge is 0.390 e. The lowest BCUT2D eigenvalue weighted by Gasteiger charge is -2.25. The third kappa shape index (κ3) is 4.11. The number of hydrogen-bond acceptors (Lipinski definition) is 5. The topological polar surface area (TPSA) is 77.1 Å². The summed E-state index contributed by atoms with van der Waals surface area (Å²) in [4.78, 5) is 31.8. The molecule has 2 aliphatic heterocycles. The van der Waals surface area contributed by atoms with E-state index in [0.29, 0.717) is 17.7 Å². The molecule has 2 atom stereocenters. The van der Waals surface area contributed by atoms with E-state index in [9.17, 15) is 35.9 Å². The number of imidazole rings is 1. The van der Waals surface area contributed by atoms with Gasteiger partial charge in [0, 0.05) is 45.8 Å². The summed E-state index contributed by atoms with van der Waals surface area (Å²) in [6.45, 7) is 0.309. The van der Waals surface area contributed by atoms with Crippen molar-refractivity contribution in [2.75, 3.05) is 24.5 Å². The Labute approximate surface area is 177 Å². The van der Waals surface area contributed by atoms with E-state index in [2.05, 4.69) is 10.3 Å². The zero-order chi connectivity index (χ0) is 23.4. The van der Waals surface area contributed by atoms with Gasteiger partial charge in [-0.3, -0.25) is 13.9 Å². The third-order valence-electron chi connectivity index (χ3n) is 6.15. The number of aromatic nitrogens is 4. The smallest absolute Gasteiger partial charge is 0.338 e. The maximum atomic E-state index is 13.0. The molecule has 8 nitrogen and oxygen atoms in total. The van der Waals surface area contributed by atoms with Crippen LogP contribution in [0.1, 0.15) is 19.3 Å². The standard InChI is InChI=1S/C18H22F6N6O2/c1-27-13-12(14(31)30(16(27)32)7-4-18(22,23)24)29(6-3-17(19,20)21)15(26-13)28-5-2-10-8-25-9-11(10)28/h10-11,25H,2-9H2,1H3. The Balaban J connectivity index is 1.88. The normalized spacial score (nSPS) is 21.7. The lowest BCUT2D eigenvalue weighted by atomic mass is 10.1. The van der Waals surface area contributed by atoms with Crippen molar-refractivity contribution < 1.29 is 26.3 Å². The highest BCUT2D eigenvalue weighted by molar-refractivity contribution is 5.75. The minimum atomic E-state index is -4.61. The highest BCUT2D eigenvalue weighted by atomic mass is 19.4. The summed E-state index contributed by atoms with van der Waals surface area (Å²) in [5.41, 5.74) is -2.52. The molecule has 14 heteroatoms. The van der Waals surface area contributed by atoms with Crippen LogP contribution in [0.4, 0.5) is 32.3 Å². The Morgan fingerprint density at radius 2 is 1.62 bits per heavy atom. The molecule has 2 aromatic heterocycles. The Morgan fingerprint density at radius 1 is 1.00 bits per heavy atom. The first-order chi connectivity index (χ1) is 14.9. The van der Waals surface area contributed by atoms with Crippen LogP contribution in [0.3, 0.4) is 0 Å². The van der Waals surface area contributed by atoms with Crippen molar-refractivity contribution in [1.82, 2.24) is 24.0 Å². The molecule has 32 heavy (non-hydrogen) atoms. The maximum Gasteiger partial charge on any atom is 0.390 e. The van der Waals surface area contributed by atoms with Crippen LogP contribution in [0, 0.1) is 5.92 Å². The number of nitrogens with one attached hydrogen (secondary N) is 1. The van der Waals surface area contributed by atoms with Crippen LogP contribution in [0.2, 0.25) is 0 Å². The molecule has 2 unspecified atom stereocenters. The van der Waals surface area contributed by atoms with Gasteiger partial charge in [0.15, 0.2) is 11.2 Å². The Morgan fingerprint density at radius 3 is 2.25 bits per heavy atom. The molecule has 0 spiro atoms. The van der Waals surface area contributed by atoms with Crippen molar-refractivity contribution in [3.05, 3.63) is 20.8 Å². The highest BCUT2D eigenvalue weighted by Gasteiger charge is 2.40. The van der Waals surface area contributed by atoms with Crippen LogP contribution in [0.25, 0.3) is 11.2 Å². The summed E-state index contributed by atoms with van der Waals surface area (Å²) in [7, 11) is 1.24. The van der Waals surface area contributed by atoms with Gasteiger partial charge in [-0.2, -0.15) is 31.3 Å². The molecule has 0 amide bonds. The quantitative estimate of drug-likeness (QED) is 0.675. The lowest BCUT2D eigenvalue weighted by Crippen LogP contribution is -2.40. The van der Waals surface area contributed by atoms with Gasteiger partial charge in [0.25, 0.3) is 5.56 Å². The zero-order valence-corrected chi connectivity index (χ0v) is 17.1. The van der Waals surface area contributed by atoms with E-state index in [1.807, 2.05) is 4.90 Å². The van der Waals surface area contributed by atoms with Gasteiger partial charge in [0.1, 0.15) is 0 Å². The second kappa shape index (κ2) is 7.81. The molecule has 178 valence electrons. The second-order valence-electron chi connectivity index (χ2n) is 8.23. The van der Waals surface area contributed by atoms with Crippen molar-refractivity contribution in [1.29, 1.82) is 0 Å². The molecule has 4 heterocycles. The molecule has 0 bridgehead atoms. The molecule has 2 saturated heterocycles. The fraction of sp³-hybridized carbons (Fsp3) is 0.722. The van der Waals surface area contributed by atoms with Gasteiger partial charge in [-0.1, -0.05) is 0 Å². The number of alkyl halides is 6. The van der Waals surface area contributed by atoms with Crippen LogP contribution in [0.5, 0.6) is 0 Å². The summed E-state index contributed by atoms with van der Waals surface area (Å²) in [5, 5.41) is 3.22. The summed E-state index contributed by atoms with van der Waals surface area (Å²) in [5.74, 6) is 0.402. The van der Waals surface area contributed by atoms with E-state index in [1.54, 1.807) is 0 Å². The number of nitrogens with zero attached hydrogens (tertiary/aromatic N) is 5. The Bertz CT molecular complexity index is 1130. The molecule has 2 fully saturated rings. The van der Waals surface area contributed by atoms with Crippen LogP contribution in [-0.2, 0) is 20.1 Å². The second-order valence-corrected chi connectivity index (χ2v) is 8.23. The van der Waals surface area contributed by atoms with Crippen molar-refractivity contribution in [2.24, 2.45) is 13.0 Å². The van der Waals surface area contributed by atoms with Gasteiger partial charge >= 0.3 is 18.0 Å². The summed E-state index contributed by atoms with van der Waals surface area (Å²) >= 11 is 0. The average molecular weight is 468 g/mol. The third-order valence-corrected chi connectivity index (χ3v) is 6.15. The molecule has 0 aromatic carbocycles. The van der Waals surface area contributed by atoms with Crippen molar-refractivity contribution in [2.45, 2.75) is 50.7 Å². The summed E-state index contributed by atoms with van der Waals surface area (Å²) in [6, 6.07) is -0.0269. The molecule has 1 N–H and O–H groups in total. The van der Waals surface area contributed by atoms with Gasteiger partial charge in [-0.15, -0.1) is 0 Å². The van der Waals surface area contributed by atoms with Crippen molar-refractivity contribution >= 4 is 17.1 Å². The van der Waals surface area contributed by atoms with E-state index in [0.717, 1.165) is 22.1 Å². The van der Waals surface area contributed by atoms with E-state index in [4.69, 9.17) is 0 Å². The van der Waals surface area contributed by atoms with Gasteiger partial charge in [-0.05, 0) is 12.3 Å². The predicted octanol–water partition coefficient (Wildman–Crippen LogP) is 1.60. The van der Waals surface area contributed by atoms with Crippen molar-refractivity contribution in [3.8, 4) is 0 Å². The molecule has 4 rings (SSSR count). The molecule has 0 saturated carbocycles. The fourth-order valence-electron chi connectivity index (χ4n) is 4.56. The fourth-order valence-corrected chi connectivity index (χ4v) is 4.56. The number of anilines is 1. The Hall–Kier alpha value is -2.51. The number of aryl methyl sites for hydroxylation is 2. The van der Waals surface area contributed by atoms with E-state index in [1.165, 1.54) is 7.05 Å². The van der Waals surface area contributed by atoms with Crippen LogP contribution in [-0.4, -0.2) is 56.7 Å². The molecule has 0 radical (unpaired) electrons. The number of fused-ring (bicyclic) bond motifs is 2. The number of halogens is 6. The minimum Gasteiger partial charge on any atom is -0.338 e. The maximum absolute atomic E-state index is 13.0. The monoisotopic (exact) mass is 468 g/mol. The minimum absolute atomic E-state index is 0.0269. The van der Waals surface area contributed by atoms with Crippen molar-refractivity contribution in [3.63, 3.8) is 0 Å². The van der Waals surface area contributed by atoms with E-state index >= 15 is 0 Å². The van der Waals surface area contributed by atoms with Crippen LogP contribution >= 0.6 is 0 Å². The van der Waals surface area contributed by atoms with Gasteiger partial charge in [0.05, 0.1) is 12.8 Å². The zero-order valence-electron chi connectivity index (χ0n) is 17.1.